The van der Waals surface area contributed by atoms with Crippen LogP contribution < -0.4 is 11.3 Å². The molecule has 0 bridgehead atoms. The fourth-order valence-corrected chi connectivity index (χ4v) is 6.07. The number of aromatic amines is 1. The predicted molar refractivity (Wildman–Crippen MR) is 170 cm³/mol. The molecular weight excluding hydrogens is 572 g/mol. The molecule has 2 aromatic carbocycles. The van der Waals surface area contributed by atoms with Crippen LogP contribution in [0, 0.1) is 0 Å². The average Bonchev–Trinajstić information content (AvgIpc) is 3.72. The fraction of sp³-hybridized carbons (Fsp3) is 0.382. The van der Waals surface area contributed by atoms with Crippen LogP contribution in [0.15, 0.2) is 81.1 Å². The normalized spacial score (nSPS) is 15.5. The Morgan fingerprint density at radius 2 is 1.78 bits per heavy atom. The van der Waals surface area contributed by atoms with Gasteiger partial charge in [-0.15, -0.1) is 0 Å². The van der Waals surface area contributed by atoms with E-state index in [1.807, 2.05) is 60.0 Å². The standard InChI is InChI=1S/C34H38N6O5/c1-5-9-29-28(18-24-12-14-25(15-13-24)26-10-7-8-11-27(26)30-37-33(42)45-38-30)31(41)39(32-35-21-36-40(29)32)23(4)16-17-34(6-2)43-19-22(3)20-44-34/h7-8,10-15,21,23H,3,5-6,9,16-20H2,1-2,4H3,(H,37,38,42). The molecule has 0 radical (unpaired) electrons. The molecule has 1 fully saturated rings. The number of nitrogens with zero attached hydrogens (tertiary/aromatic N) is 5. The summed E-state index contributed by atoms with van der Waals surface area (Å²) in [5, 5.41) is 8.42. The zero-order chi connectivity index (χ0) is 31.6. The Labute approximate surface area is 260 Å². The lowest BCUT2D eigenvalue weighted by Crippen LogP contribution is -2.41. The van der Waals surface area contributed by atoms with Crippen LogP contribution in [0.2, 0.25) is 0 Å². The van der Waals surface area contributed by atoms with Gasteiger partial charge in [-0.3, -0.25) is 18.9 Å². The van der Waals surface area contributed by atoms with Gasteiger partial charge in [-0.1, -0.05) is 80.5 Å². The number of fused-ring (bicyclic) bond motifs is 1. The first-order valence-electron chi connectivity index (χ1n) is 15.5. The summed E-state index contributed by atoms with van der Waals surface area (Å²) in [6.07, 6.45) is 5.54. The van der Waals surface area contributed by atoms with Gasteiger partial charge >= 0.3 is 5.76 Å². The topological polar surface area (TPSA) is 130 Å². The predicted octanol–water partition coefficient (Wildman–Crippen LogP) is 5.50. The summed E-state index contributed by atoms with van der Waals surface area (Å²) in [7, 11) is 0. The monoisotopic (exact) mass is 610 g/mol. The van der Waals surface area contributed by atoms with Gasteiger partial charge in [0.15, 0.2) is 11.6 Å². The molecule has 1 aliphatic heterocycles. The van der Waals surface area contributed by atoms with Gasteiger partial charge in [-0.25, -0.2) is 9.31 Å². The van der Waals surface area contributed by atoms with Crippen LogP contribution >= 0.6 is 0 Å². The van der Waals surface area contributed by atoms with Crippen molar-refractivity contribution in [3.05, 3.63) is 105 Å². The van der Waals surface area contributed by atoms with Crippen molar-refractivity contribution in [2.24, 2.45) is 0 Å². The Morgan fingerprint density at radius 3 is 2.44 bits per heavy atom. The highest BCUT2D eigenvalue weighted by molar-refractivity contribution is 5.80. The Bertz CT molecular complexity index is 1920. The second kappa shape index (κ2) is 12.8. The molecule has 0 amide bonds. The Balaban J connectivity index is 1.32. The molecule has 0 spiro atoms. The molecule has 45 heavy (non-hydrogen) atoms. The first-order valence-corrected chi connectivity index (χ1v) is 15.5. The highest BCUT2D eigenvalue weighted by Crippen LogP contribution is 2.33. The van der Waals surface area contributed by atoms with Crippen molar-refractivity contribution in [2.75, 3.05) is 13.2 Å². The van der Waals surface area contributed by atoms with Gasteiger partial charge in [0.2, 0.25) is 5.78 Å². The maximum absolute atomic E-state index is 14.3. The number of benzene rings is 2. The first-order chi connectivity index (χ1) is 21.8. The zero-order valence-electron chi connectivity index (χ0n) is 25.9. The van der Waals surface area contributed by atoms with E-state index in [4.69, 9.17) is 14.0 Å². The largest absolute Gasteiger partial charge is 0.439 e. The van der Waals surface area contributed by atoms with E-state index in [0.717, 1.165) is 39.9 Å². The molecule has 1 atom stereocenters. The highest BCUT2D eigenvalue weighted by atomic mass is 16.7. The van der Waals surface area contributed by atoms with Crippen LogP contribution in [0.4, 0.5) is 0 Å². The van der Waals surface area contributed by atoms with Crippen LogP contribution in [0.3, 0.4) is 0 Å². The van der Waals surface area contributed by atoms with E-state index in [1.54, 1.807) is 4.57 Å². The van der Waals surface area contributed by atoms with Crippen molar-refractivity contribution in [3.8, 4) is 22.5 Å². The first kappa shape index (κ1) is 30.4. The molecule has 1 saturated heterocycles. The van der Waals surface area contributed by atoms with Gasteiger partial charge in [0.25, 0.3) is 5.56 Å². The summed E-state index contributed by atoms with van der Waals surface area (Å²) in [6, 6.07) is 15.6. The van der Waals surface area contributed by atoms with Gasteiger partial charge in [0, 0.05) is 30.0 Å². The molecule has 1 N–H and O–H groups in total. The van der Waals surface area contributed by atoms with Gasteiger partial charge in [0.05, 0.1) is 18.9 Å². The Kier molecular flexibility index (Phi) is 8.64. The summed E-state index contributed by atoms with van der Waals surface area (Å²) in [5.74, 6) is -0.370. The van der Waals surface area contributed by atoms with E-state index >= 15 is 0 Å². The molecule has 5 aromatic rings. The van der Waals surface area contributed by atoms with Gasteiger partial charge in [-0.2, -0.15) is 10.1 Å². The van der Waals surface area contributed by atoms with E-state index in [0.29, 0.717) is 62.5 Å². The van der Waals surface area contributed by atoms with Crippen LogP contribution in [0.1, 0.15) is 69.3 Å². The Hall–Kier alpha value is -4.61. The minimum atomic E-state index is -0.683. The van der Waals surface area contributed by atoms with E-state index in [2.05, 4.69) is 40.6 Å². The smallest absolute Gasteiger partial charge is 0.346 e. The Morgan fingerprint density at radius 1 is 1.04 bits per heavy atom. The summed E-state index contributed by atoms with van der Waals surface area (Å²) >= 11 is 0. The molecule has 3 aromatic heterocycles. The third kappa shape index (κ3) is 6.05. The molecule has 0 aliphatic carbocycles. The van der Waals surface area contributed by atoms with Crippen molar-refractivity contribution in [3.63, 3.8) is 0 Å². The number of aromatic nitrogens is 6. The summed E-state index contributed by atoms with van der Waals surface area (Å²) in [4.78, 5) is 33.0. The number of aryl methyl sites for hydroxylation is 1. The number of H-pyrrole nitrogens is 1. The van der Waals surface area contributed by atoms with Crippen molar-refractivity contribution in [1.29, 1.82) is 0 Å². The lowest BCUT2D eigenvalue weighted by atomic mass is 9.96. The molecule has 6 rings (SSSR count). The molecule has 234 valence electrons. The number of hydrogen-bond acceptors (Lipinski definition) is 8. The number of rotatable bonds is 11. The SMILES string of the molecule is C=C1COC(CC)(CCC(C)n2c(=O)c(Cc3ccc(-c4ccccc4-c4noc(=O)[nH]4)cc3)c(CCC)n3ncnc23)OC1. The average molecular weight is 611 g/mol. The van der Waals surface area contributed by atoms with E-state index < -0.39 is 11.5 Å². The molecule has 4 heterocycles. The summed E-state index contributed by atoms with van der Waals surface area (Å²) < 4.78 is 20.5. The van der Waals surface area contributed by atoms with Crippen molar-refractivity contribution in [1.82, 2.24) is 29.3 Å². The maximum atomic E-state index is 14.3. The minimum Gasteiger partial charge on any atom is -0.346 e. The number of nitrogens with one attached hydrogen (secondary N) is 1. The molecule has 0 saturated carbocycles. The van der Waals surface area contributed by atoms with Crippen molar-refractivity contribution in [2.45, 2.75) is 71.1 Å². The third-order valence-electron chi connectivity index (χ3n) is 8.58. The van der Waals surface area contributed by atoms with Crippen LogP contribution in [0.5, 0.6) is 0 Å². The molecule has 11 heteroatoms. The van der Waals surface area contributed by atoms with E-state index in [1.165, 1.54) is 6.33 Å². The van der Waals surface area contributed by atoms with E-state index in [9.17, 15) is 9.59 Å². The molecule has 1 aliphatic rings. The molecule has 1 unspecified atom stereocenters. The fourth-order valence-electron chi connectivity index (χ4n) is 6.07. The highest BCUT2D eigenvalue weighted by Gasteiger charge is 2.34. The number of hydrogen-bond donors (Lipinski definition) is 1. The van der Waals surface area contributed by atoms with Gasteiger partial charge in [0.1, 0.15) is 6.33 Å². The second-order valence-corrected chi connectivity index (χ2v) is 11.7. The maximum Gasteiger partial charge on any atom is 0.439 e. The quantitative estimate of drug-likeness (QED) is 0.194. The van der Waals surface area contributed by atoms with Gasteiger partial charge < -0.3 is 9.47 Å². The summed E-state index contributed by atoms with van der Waals surface area (Å²) in [5.41, 5.74) is 6.06. The zero-order valence-corrected chi connectivity index (χ0v) is 25.9. The molecule has 11 nitrogen and oxygen atoms in total. The van der Waals surface area contributed by atoms with Crippen LogP contribution in [-0.4, -0.2) is 48.3 Å². The molecular formula is C34H38N6O5. The van der Waals surface area contributed by atoms with Crippen molar-refractivity contribution >= 4 is 5.78 Å². The van der Waals surface area contributed by atoms with Gasteiger partial charge in [-0.05, 0) is 48.4 Å². The summed E-state index contributed by atoms with van der Waals surface area (Å²) in [6.45, 7) is 11.1. The minimum absolute atomic E-state index is 0.0553. The van der Waals surface area contributed by atoms with Crippen LogP contribution in [-0.2, 0) is 22.3 Å². The third-order valence-corrected chi connectivity index (χ3v) is 8.58. The van der Waals surface area contributed by atoms with E-state index in [-0.39, 0.29) is 11.6 Å². The van der Waals surface area contributed by atoms with Crippen molar-refractivity contribution < 1.29 is 14.0 Å². The van der Waals surface area contributed by atoms with Crippen LogP contribution in [0.25, 0.3) is 28.3 Å². The second-order valence-electron chi connectivity index (χ2n) is 11.7. The lowest BCUT2D eigenvalue weighted by molar-refractivity contribution is -0.255. The number of ether oxygens (including phenoxy) is 2. The lowest BCUT2D eigenvalue weighted by Gasteiger charge is -2.38.